The Morgan fingerprint density at radius 1 is 1.45 bits per heavy atom. The van der Waals surface area contributed by atoms with Gasteiger partial charge in [0.1, 0.15) is 0 Å². The maximum atomic E-state index is 11.9. The molecule has 11 heavy (non-hydrogen) atoms. The molecule has 0 heterocycles. The SMILES string of the molecule is FC(=NC(=S)[S][Mo])C(F)(F)F. The Morgan fingerprint density at radius 2 is 1.91 bits per heavy atom. The number of hydrogen-bond acceptors (Lipinski definition) is 2. The van der Waals surface area contributed by atoms with Crippen molar-refractivity contribution in [2.24, 2.45) is 4.99 Å². The van der Waals surface area contributed by atoms with Crippen LogP contribution in [0.1, 0.15) is 0 Å². The monoisotopic (exact) mass is 288 g/mol. The van der Waals surface area contributed by atoms with E-state index in [2.05, 4.69) is 17.2 Å². The molecular formula is C3F4MoNS2. The summed E-state index contributed by atoms with van der Waals surface area (Å²) in [4.78, 5) is 2.49. The molecule has 8 heteroatoms. The third kappa shape index (κ3) is 4.87. The first-order valence-corrected chi connectivity index (χ1v) is 5.64. The van der Waals surface area contributed by atoms with Gasteiger partial charge in [0.05, 0.1) is 0 Å². The summed E-state index contributed by atoms with van der Waals surface area (Å²) in [6, 6.07) is 0. The Morgan fingerprint density at radius 3 is 2.18 bits per heavy atom. The van der Waals surface area contributed by atoms with E-state index in [9.17, 15) is 17.6 Å². The van der Waals surface area contributed by atoms with Gasteiger partial charge in [0.15, 0.2) is 0 Å². The van der Waals surface area contributed by atoms with E-state index < -0.39 is 12.1 Å². The van der Waals surface area contributed by atoms with Crippen molar-refractivity contribution >= 4 is 32.0 Å². The molecule has 0 aromatic rings. The fraction of sp³-hybridized carbons (Fsp3) is 0.333. The van der Waals surface area contributed by atoms with Crippen LogP contribution in [-0.4, -0.2) is 16.5 Å². The summed E-state index contributed by atoms with van der Waals surface area (Å²) in [5.74, 6) is -2.40. The van der Waals surface area contributed by atoms with Gasteiger partial charge >= 0.3 is 79.2 Å². The topological polar surface area (TPSA) is 12.4 Å². The maximum absolute atomic E-state index is 11.9. The molecule has 0 saturated carbocycles. The van der Waals surface area contributed by atoms with Crippen LogP contribution in [0.2, 0.25) is 0 Å². The summed E-state index contributed by atoms with van der Waals surface area (Å²) in [7, 11) is 0.783. The normalized spacial score (nSPS) is 13.3. The molecule has 0 rings (SSSR count). The molecule has 0 atom stereocenters. The van der Waals surface area contributed by atoms with Crippen molar-refractivity contribution in [1.29, 1.82) is 0 Å². The van der Waals surface area contributed by atoms with Crippen molar-refractivity contribution in [2.45, 2.75) is 6.18 Å². The second-order valence-electron chi connectivity index (χ2n) is 1.25. The standard InChI is InChI=1S/C3HF4NS2.Mo/c4-1(3(5,6)7)8-2(9)10;/h(H,9,10);/q;+1/p-1. The molecule has 0 aliphatic carbocycles. The third-order valence-corrected chi connectivity index (χ3v) is 3.08. The van der Waals surface area contributed by atoms with Gasteiger partial charge in [-0.25, -0.2) is 0 Å². The van der Waals surface area contributed by atoms with Crippen LogP contribution < -0.4 is 0 Å². The molecule has 0 aromatic carbocycles. The van der Waals surface area contributed by atoms with Crippen LogP contribution >= 0.6 is 21.7 Å². The van der Waals surface area contributed by atoms with Crippen LogP contribution in [0.25, 0.3) is 0 Å². The minimum absolute atomic E-state index is 0.371. The molecule has 0 spiro atoms. The van der Waals surface area contributed by atoms with E-state index in [-0.39, 0.29) is 4.32 Å². The Labute approximate surface area is 79.2 Å². The van der Waals surface area contributed by atoms with Gasteiger partial charge in [-0.2, -0.15) is 0 Å². The van der Waals surface area contributed by atoms with Gasteiger partial charge in [0.2, 0.25) is 0 Å². The van der Waals surface area contributed by atoms with E-state index >= 15 is 0 Å². The van der Waals surface area contributed by atoms with Gasteiger partial charge in [-0.3, -0.25) is 0 Å². The zero-order valence-corrected chi connectivity index (χ0v) is 8.32. The van der Waals surface area contributed by atoms with Crippen molar-refractivity contribution < 1.29 is 36.1 Å². The van der Waals surface area contributed by atoms with Crippen LogP contribution in [0, 0.1) is 0 Å². The van der Waals surface area contributed by atoms with Crippen LogP contribution in [0.5, 0.6) is 0 Å². The third-order valence-electron chi connectivity index (χ3n) is 0.495. The van der Waals surface area contributed by atoms with Gasteiger partial charge < -0.3 is 0 Å². The number of alkyl halides is 3. The number of rotatable bonds is 0. The number of hydrogen-bond donors (Lipinski definition) is 0. The zero-order chi connectivity index (χ0) is 9.07. The predicted molar refractivity (Wildman–Crippen MR) is 34.8 cm³/mol. The first kappa shape index (κ1) is 11.5. The quantitative estimate of drug-likeness (QED) is 0.293. The Bertz CT molecular complexity index is 188. The molecule has 63 valence electrons. The van der Waals surface area contributed by atoms with Gasteiger partial charge in [-0.1, -0.05) is 0 Å². The second-order valence-corrected chi connectivity index (χ2v) is 3.68. The average Bonchev–Trinajstić information content (AvgIpc) is 1.85. The number of halogens is 4. The summed E-state index contributed by atoms with van der Waals surface area (Å²) in [5.41, 5.74) is 0. The van der Waals surface area contributed by atoms with E-state index in [4.69, 9.17) is 0 Å². The Kier molecular flexibility index (Phi) is 4.73. The molecule has 0 aliphatic rings. The first-order chi connectivity index (χ1) is 4.88. The van der Waals surface area contributed by atoms with Crippen molar-refractivity contribution in [1.82, 2.24) is 0 Å². The van der Waals surface area contributed by atoms with E-state index in [0.717, 1.165) is 9.47 Å². The van der Waals surface area contributed by atoms with E-state index in [1.165, 1.54) is 18.5 Å². The zero-order valence-electron chi connectivity index (χ0n) is 4.68. The van der Waals surface area contributed by atoms with Crippen LogP contribution in [0.15, 0.2) is 4.99 Å². The first-order valence-electron chi connectivity index (χ1n) is 2.03. The second kappa shape index (κ2) is 4.52. The molecule has 1 nitrogen and oxygen atoms in total. The summed E-state index contributed by atoms with van der Waals surface area (Å²) in [6.45, 7) is 0. The number of nitrogens with zero attached hydrogens (tertiary/aromatic N) is 1. The average molecular weight is 286 g/mol. The Hall–Kier alpha value is 0.518. The Balaban J connectivity index is 4.35. The van der Waals surface area contributed by atoms with Crippen LogP contribution in [0.3, 0.4) is 0 Å². The van der Waals surface area contributed by atoms with Crippen molar-refractivity contribution in [3.05, 3.63) is 0 Å². The van der Waals surface area contributed by atoms with E-state index in [1.54, 1.807) is 0 Å². The molecule has 0 unspecified atom stereocenters. The molecule has 0 N–H and O–H groups in total. The molecule has 0 fully saturated rings. The van der Waals surface area contributed by atoms with Gasteiger partial charge in [-0.05, 0) is 0 Å². The van der Waals surface area contributed by atoms with Crippen molar-refractivity contribution in [2.75, 3.05) is 0 Å². The molecule has 0 radical (unpaired) electrons. The molecule has 0 aliphatic heterocycles. The summed E-state index contributed by atoms with van der Waals surface area (Å²) in [5, 5.41) is 0. The molecule has 0 saturated heterocycles. The van der Waals surface area contributed by atoms with Gasteiger partial charge in [0, 0.05) is 0 Å². The van der Waals surface area contributed by atoms with E-state index in [1.807, 2.05) is 0 Å². The summed E-state index contributed by atoms with van der Waals surface area (Å²) in [6.07, 6.45) is -5.03. The molecule has 0 aromatic heterocycles. The van der Waals surface area contributed by atoms with E-state index in [0.29, 0.717) is 0 Å². The summed E-state index contributed by atoms with van der Waals surface area (Å²) >= 11 is 5.58. The van der Waals surface area contributed by atoms with Crippen molar-refractivity contribution in [3.8, 4) is 0 Å². The predicted octanol–water partition coefficient (Wildman–Crippen LogP) is 2.40. The molecule has 0 amide bonds. The number of thiocarbonyl (C=S) groups is 1. The van der Waals surface area contributed by atoms with Crippen LogP contribution in [0.4, 0.5) is 17.6 Å². The fourth-order valence-electron chi connectivity index (χ4n) is 0.162. The van der Waals surface area contributed by atoms with Crippen LogP contribution in [-0.2, 0) is 18.5 Å². The minimum atomic E-state index is -5.03. The van der Waals surface area contributed by atoms with Gasteiger partial charge in [0.25, 0.3) is 0 Å². The summed E-state index contributed by atoms with van der Waals surface area (Å²) < 4.78 is 45.6. The van der Waals surface area contributed by atoms with Crippen molar-refractivity contribution in [3.63, 3.8) is 0 Å². The molecule has 0 bridgehead atoms. The number of aliphatic imine (C=N–C) groups is 1. The fourth-order valence-corrected chi connectivity index (χ4v) is 0.635. The van der Waals surface area contributed by atoms with Gasteiger partial charge in [-0.15, -0.1) is 0 Å². The molecular weight excluding hydrogens is 286 g/mol.